The van der Waals surface area contributed by atoms with Crippen molar-refractivity contribution in [2.75, 3.05) is 13.2 Å². The third-order valence-corrected chi connectivity index (χ3v) is 7.07. The number of aryl methyl sites for hydroxylation is 2. The van der Waals surface area contributed by atoms with Crippen molar-refractivity contribution in [1.29, 1.82) is 0 Å². The molecule has 1 aliphatic rings. The number of rotatable bonds is 3. The van der Waals surface area contributed by atoms with Gasteiger partial charge in [0.15, 0.2) is 0 Å². The first-order chi connectivity index (χ1) is 17.9. The molecule has 37 heavy (non-hydrogen) atoms. The van der Waals surface area contributed by atoms with Gasteiger partial charge < -0.3 is 19.2 Å². The van der Waals surface area contributed by atoms with Crippen LogP contribution in [-0.4, -0.2) is 38.5 Å². The zero-order valence-corrected chi connectivity index (χ0v) is 21.0. The lowest BCUT2D eigenvalue weighted by Crippen LogP contribution is -2.33. The summed E-state index contributed by atoms with van der Waals surface area (Å²) in [4.78, 5) is 23.3. The van der Waals surface area contributed by atoms with E-state index in [4.69, 9.17) is 4.74 Å². The normalized spacial score (nSPS) is 13.4. The molecule has 6 rings (SSSR count). The Kier molecular flexibility index (Phi) is 5.56. The van der Waals surface area contributed by atoms with E-state index < -0.39 is 0 Å². The Hall–Kier alpha value is -4.39. The Bertz CT molecular complexity index is 1670. The summed E-state index contributed by atoms with van der Waals surface area (Å²) >= 11 is 0. The number of aromatic nitrogens is 3. The number of H-pyrrole nitrogens is 1. The minimum atomic E-state index is -0.269. The van der Waals surface area contributed by atoms with Crippen molar-refractivity contribution >= 4 is 16.9 Å². The quantitative estimate of drug-likeness (QED) is 0.333. The lowest BCUT2D eigenvalue weighted by molar-refractivity contribution is 0.0724. The molecule has 6 nitrogen and oxygen atoms in total. The van der Waals surface area contributed by atoms with Crippen LogP contribution in [0.5, 0.6) is 5.75 Å². The van der Waals surface area contributed by atoms with E-state index in [1.165, 1.54) is 12.1 Å². The standard InChI is InChI=1S/C30H27FN4O2/c1-18-14-23(31)6-7-24(18)27-9-10-28(34(27)3)30(36)35-12-13-37-29-11-5-20(15-22(29)17-35)21-4-8-25-26(16-21)33-19(2)32-25/h4-11,14-16H,12-13,17H2,1-3H3,(H,32,33). The maximum Gasteiger partial charge on any atom is 0.270 e. The van der Waals surface area contributed by atoms with Gasteiger partial charge in [-0.3, -0.25) is 4.79 Å². The Labute approximate surface area is 214 Å². The summed E-state index contributed by atoms with van der Waals surface area (Å²) in [6, 6.07) is 20.8. The summed E-state index contributed by atoms with van der Waals surface area (Å²) < 4.78 is 21.5. The average molecular weight is 495 g/mol. The van der Waals surface area contributed by atoms with E-state index in [1.54, 1.807) is 6.07 Å². The highest BCUT2D eigenvalue weighted by Crippen LogP contribution is 2.32. The highest BCUT2D eigenvalue weighted by atomic mass is 19.1. The predicted octanol–water partition coefficient (Wildman–Crippen LogP) is 6.03. The second-order valence-corrected chi connectivity index (χ2v) is 9.57. The smallest absolute Gasteiger partial charge is 0.270 e. The minimum Gasteiger partial charge on any atom is -0.491 e. The molecule has 186 valence electrons. The number of hydrogen-bond donors (Lipinski definition) is 1. The van der Waals surface area contributed by atoms with Crippen molar-refractivity contribution in [3.63, 3.8) is 0 Å². The van der Waals surface area contributed by atoms with Crippen molar-refractivity contribution in [2.45, 2.75) is 20.4 Å². The van der Waals surface area contributed by atoms with Gasteiger partial charge in [0.2, 0.25) is 0 Å². The number of nitrogens with one attached hydrogen (secondary N) is 1. The maximum absolute atomic E-state index is 13.6. The number of benzene rings is 3. The van der Waals surface area contributed by atoms with E-state index >= 15 is 0 Å². The lowest BCUT2D eigenvalue weighted by Gasteiger charge is -2.21. The largest absolute Gasteiger partial charge is 0.491 e. The number of halogens is 1. The predicted molar refractivity (Wildman–Crippen MR) is 142 cm³/mol. The summed E-state index contributed by atoms with van der Waals surface area (Å²) in [7, 11) is 1.87. The second-order valence-electron chi connectivity index (χ2n) is 9.57. The fourth-order valence-electron chi connectivity index (χ4n) is 5.14. The number of imidazole rings is 1. The number of fused-ring (bicyclic) bond motifs is 2. The van der Waals surface area contributed by atoms with Crippen LogP contribution in [0.1, 0.15) is 27.4 Å². The van der Waals surface area contributed by atoms with Gasteiger partial charge in [-0.25, -0.2) is 9.37 Å². The number of nitrogens with zero attached hydrogens (tertiary/aromatic N) is 3. The molecule has 0 spiro atoms. The summed E-state index contributed by atoms with van der Waals surface area (Å²) in [5, 5.41) is 0. The summed E-state index contributed by atoms with van der Waals surface area (Å²) in [5.41, 5.74) is 8.21. The lowest BCUT2D eigenvalue weighted by atomic mass is 10.0. The van der Waals surface area contributed by atoms with E-state index in [2.05, 4.69) is 34.2 Å². The van der Waals surface area contributed by atoms with E-state index in [9.17, 15) is 9.18 Å². The minimum absolute atomic E-state index is 0.0651. The van der Waals surface area contributed by atoms with Crippen molar-refractivity contribution in [1.82, 2.24) is 19.4 Å². The van der Waals surface area contributed by atoms with Crippen molar-refractivity contribution < 1.29 is 13.9 Å². The molecule has 0 unspecified atom stereocenters. The molecule has 3 aromatic carbocycles. The molecule has 0 bridgehead atoms. The molecule has 5 aromatic rings. The third kappa shape index (κ3) is 4.16. The van der Waals surface area contributed by atoms with Gasteiger partial charge in [-0.1, -0.05) is 12.1 Å². The Balaban J connectivity index is 1.30. The van der Waals surface area contributed by atoms with Crippen LogP contribution in [-0.2, 0) is 13.6 Å². The molecule has 0 saturated carbocycles. The van der Waals surface area contributed by atoms with Crippen LogP contribution in [0.4, 0.5) is 4.39 Å². The Morgan fingerprint density at radius 2 is 1.81 bits per heavy atom. The molecule has 0 atom stereocenters. The fraction of sp³-hybridized carbons (Fsp3) is 0.200. The molecule has 1 amide bonds. The van der Waals surface area contributed by atoms with Crippen LogP contribution in [0.25, 0.3) is 33.4 Å². The SMILES string of the molecule is Cc1nc2ccc(-c3ccc4c(c3)CN(C(=O)c3ccc(-c5ccc(F)cc5C)n3C)CCO4)cc2[nH]1. The zero-order chi connectivity index (χ0) is 25.7. The summed E-state index contributed by atoms with van der Waals surface area (Å²) in [5.74, 6) is 1.35. The molecule has 0 aliphatic carbocycles. The van der Waals surface area contributed by atoms with Gasteiger partial charge in [0.1, 0.15) is 29.7 Å². The van der Waals surface area contributed by atoms with E-state index in [0.717, 1.165) is 56.1 Å². The first-order valence-electron chi connectivity index (χ1n) is 12.3. The number of hydrogen-bond acceptors (Lipinski definition) is 3. The Morgan fingerprint density at radius 1 is 1.00 bits per heavy atom. The number of aromatic amines is 1. The molecule has 2 aromatic heterocycles. The summed E-state index contributed by atoms with van der Waals surface area (Å²) in [6.45, 7) is 5.17. The van der Waals surface area contributed by atoms with Crippen molar-refractivity contribution in [2.24, 2.45) is 7.05 Å². The van der Waals surface area contributed by atoms with Gasteiger partial charge in [-0.15, -0.1) is 0 Å². The monoisotopic (exact) mass is 494 g/mol. The topological polar surface area (TPSA) is 63.1 Å². The van der Waals surface area contributed by atoms with Crippen LogP contribution in [0, 0.1) is 19.7 Å². The number of amides is 1. The highest BCUT2D eigenvalue weighted by Gasteiger charge is 2.24. The van der Waals surface area contributed by atoms with Gasteiger partial charge in [-0.2, -0.15) is 0 Å². The molecule has 0 saturated heterocycles. The third-order valence-electron chi connectivity index (χ3n) is 7.07. The number of ether oxygens (including phenoxy) is 1. The first-order valence-corrected chi connectivity index (χ1v) is 12.3. The molecule has 7 heteroatoms. The maximum atomic E-state index is 13.6. The second kappa shape index (κ2) is 8.92. The highest BCUT2D eigenvalue weighted by molar-refractivity contribution is 5.94. The molecular formula is C30H27FN4O2. The van der Waals surface area contributed by atoms with Crippen LogP contribution in [0.15, 0.2) is 66.7 Å². The van der Waals surface area contributed by atoms with Gasteiger partial charge in [0.25, 0.3) is 5.91 Å². The van der Waals surface area contributed by atoms with E-state index in [0.29, 0.717) is 25.4 Å². The molecule has 1 aliphatic heterocycles. The molecule has 0 radical (unpaired) electrons. The molecule has 1 N–H and O–H groups in total. The molecule has 3 heterocycles. The number of carbonyl (C=O) groups excluding carboxylic acids is 1. The van der Waals surface area contributed by atoms with Crippen LogP contribution >= 0.6 is 0 Å². The van der Waals surface area contributed by atoms with Gasteiger partial charge in [-0.05, 0) is 85.1 Å². The van der Waals surface area contributed by atoms with Crippen LogP contribution in [0.3, 0.4) is 0 Å². The molecular weight excluding hydrogens is 467 g/mol. The van der Waals surface area contributed by atoms with Crippen LogP contribution < -0.4 is 4.74 Å². The summed E-state index contributed by atoms with van der Waals surface area (Å²) in [6.07, 6.45) is 0. The average Bonchev–Trinajstić information content (AvgIpc) is 3.36. The van der Waals surface area contributed by atoms with Gasteiger partial charge in [0, 0.05) is 30.4 Å². The van der Waals surface area contributed by atoms with Crippen molar-refractivity contribution in [3.05, 3.63) is 95.2 Å². The Morgan fingerprint density at radius 3 is 2.65 bits per heavy atom. The van der Waals surface area contributed by atoms with E-state index in [-0.39, 0.29) is 11.7 Å². The fourth-order valence-corrected chi connectivity index (χ4v) is 5.14. The van der Waals surface area contributed by atoms with Gasteiger partial charge >= 0.3 is 0 Å². The van der Waals surface area contributed by atoms with Crippen molar-refractivity contribution in [3.8, 4) is 28.1 Å². The van der Waals surface area contributed by atoms with Gasteiger partial charge in [0.05, 0.1) is 17.6 Å². The first kappa shape index (κ1) is 23.0. The zero-order valence-electron chi connectivity index (χ0n) is 21.0. The van der Waals surface area contributed by atoms with Crippen LogP contribution in [0.2, 0.25) is 0 Å². The molecule has 0 fully saturated rings. The van der Waals surface area contributed by atoms with E-state index in [1.807, 2.05) is 54.6 Å². The number of carbonyl (C=O) groups is 1.